The Hall–Kier alpha value is -3.96. The molecule has 0 aliphatic heterocycles. The lowest BCUT2D eigenvalue weighted by molar-refractivity contribution is -0.150. The molecule has 1 aliphatic carbocycles. The number of amides is 1. The van der Waals surface area contributed by atoms with Gasteiger partial charge in [-0.25, -0.2) is 9.59 Å². The smallest absolute Gasteiger partial charge is 0.407 e. The standard InChI is InChI=1S/C32H37NO9/c1-38-14-15-39-16-17-40-19-24(35)20-41-31(36)30(18-22-10-12-23(34)13-11-22)33-32(37)42-21-29-27-8-4-2-6-25(27)26-7-3-5-9-28(26)29/h2-13,24,29-30,34-35H,14-21H2,1H3,(H,33,37). The van der Waals surface area contributed by atoms with Crippen molar-refractivity contribution in [1.82, 2.24) is 5.32 Å². The number of nitrogens with one attached hydrogen (secondary N) is 1. The fourth-order valence-corrected chi connectivity index (χ4v) is 4.75. The van der Waals surface area contributed by atoms with E-state index in [1.54, 1.807) is 19.2 Å². The second-order valence-electron chi connectivity index (χ2n) is 9.86. The number of aliphatic hydroxyl groups is 1. The van der Waals surface area contributed by atoms with E-state index in [4.69, 9.17) is 23.7 Å². The van der Waals surface area contributed by atoms with Gasteiger partial charge in [0.05, 0.1) is 33.0 Å². The number of rotatable bonds is 16. The predicted molar refractivity (Wildman–Crippen MR) is 154 cm³/mol. The number of fused-ring (bicyclic) bond motifs is 3. The number of methoxy groups -OCH3 is 1. The maximum Gasteiger partial charge on any atom is 0.407 e. The van der Waals surface area contributed by atoms with Crippen LogP contribution < -0.4 is 5.32 Å². The number of carbonyl (C=O) groups is 2. The number of carbonyl (C=O) groups excluding carboxylic acids is 2. The Labute approximate surface area is 245 Å². The van der Waals surface area contributed by atoms with E-state index in [2.05, 4.69) is 5.32 Å². The summed E-state index contributed by atoms with van der Waals surface area (Å²) in [6, 6.07) is 21.2. The molecule has 0 spiro atoms. The zero-order valence-corrected chi connectivity index (χ0v) is 23.6. The lowest BCUT2D eigenvalue weighted by atomic mass is 9.98. The van der Waals surface area contributed by atoms with Gasteiger partial charge in [0.2, 0.25) is 0 Å². The Morgan fingerprint density at radius 3 is 2.10 bits per heavy atom. The fourth-order valence-electron chi connectivity index (χ4n) is 4.75. The monoisotopic (exact) mass is 579 g/mol. The molecular formula is C32H37NO9. The summed E-state index contributed by atoms with van der Waals surface area (Å²) in [5, 5.41) is 22.4. The molecule has 3 N–H and O–H groups in total. The molecule has 3 aromatic rings. The summed E-state index contributed by atoms with van der Waals surface area (Å²) < 4.78 is 26.5. The van der Waals surface area contributed by atoms with Gasteiger partial charge in [0.15, 0.2) is 0 Å². The summed E-state index contributed by atoms with van der Waals surface area (Å²) in [6.45, 7) is 1.25. The highest BCUT2D eigenvalue weighted by Crippen LogP contribution is 2.44. The molecule has 1 amide bonds. The first-order chi connectivity index (χ1) is 20.5. The van der Waals surface area contributed by atoms with Crippen LogP contribution >= 0.6 is 0 Å². The molecule has 0 heterocycles. The molecule has 4 rings (SSSR count). The van der Waals surface area contributed by atoms with Crippen LogP contribution in [0.15, 0.2) is 72.8 Å². The third kappa shape index (κ3) is 8.77. The Bertz CT molecular complexity index is 1250. The molecule has 224 valence electrons. The second kappa shape index (κ2) is 15.9. The van der Waals surface area contributed by atoms with Crippen molar-refractivity contribution in [2.45, 2.75) is 24.5 Å². The number of aliphatic hydroxyl groups excluding tert-OH is 1. The number of ether oxygens (including phenoxy) is 5. The predicted octanol–water partition coefficient (Wildman–Crippen LogP) is 3.43. The molecule has 0 saturated carbocycles. The lowest BCUT2D eigenvalue weighted by Crippen LogP contribution is -2.44. The van der Waals surface area contributed by atoms with Crippen molar-refractivity contribution in [2.24, 2.45) is 0 Å². The molecule has 0 fully saturated rings. The van der Waals surface area contributed by atoms with Crippen LogP contribution in [0, 0.1) is 0 Å². The molecule has 0 bridgehead atoms. The number of hydrogen-bond donors (Lipinski definition) is 3. The molecule has 0 aromatic heterocycles. The lowest BCUT2D eigenvalue weighted by Gasteiger charge is -2.20. The van der Waals surface area contributed by atoms with E-state index in [1.165, 1.54) is 12.1 Å². The van der Waals surface area contributed by atoms with Gasteiger partial charge in [0, 0.05) is 19.4 Å². The Kier molecular flexibility index (Phi) is 11.7. The van der Waals surface area contributed by atoms with Crippen molar-refractivity contribution in [1.29, 1.82) is 0 Å². The summed E-state index contributed by atoms with van der Waals surface area (Å²) in [5.41, 5.74) is 5.05. The Morgan fingerprint density at radius 2 is 1.43 bits per heavy atom. The number of phenolic OH excluding ortho intramolecular Hbond substituents is 1. The number of phenols is 1. The number of benzene rings is 3. The molecule has 42 heavy (non-hydrogen) atoms. The number of aromatic hydroxyl groups is 1. The minimum absolute atomic E-state index is 0.0522. The quantitative estimate of drug-likeness (QED) is 0.172. The van der Waals surface area contributed by atoms with Gasteiger partial charge in [-0.05, 0) is 39.9 Å². The topological polar surface area (TPSA) is 133 Å². The normalized spacial score (nSPS) is 13.6. The van der Waals surface area contributed by atoms with Crippen molar-refractivity contribution in [3.05, 3.63) is 89.5 Å². The van der Waals surface area contributed by atoms with Crippen LogP contribution in [0.2, 0.25) is 0 Å². The first kappa shape index (κ1) is 31.0. The van der Waals surface area contributed by atoms with E-state index in [0.29, 0.717) is 25.4 Å². The van der Waals surface area contributed by atoms with Gasteiger partial charge >= 0.3 is 12.1 Å². The number of esters is 1. The maximum atomic E-state index is 13.0. The summed E-state index contributed by atoms with van der Waals surface area (Å²) >= 11 is 0. The maximum absolute atomic E-state index is 13.0. The van der Waals surface area contributed by atoms with E-state index in [1.807, 2.05) is 48.5 Å². The van der Waals surface area contributed by atoms with Crippen LogP contribution in [-0.4, -0.2) is 87.8 Å². The molecule has 2 atom stereocenters. The van der Waals surface area contributed by atoms with Crippen molar-refractivity contribution in [3.63, 3.8) is 0 Å². The van der Waals surface area contributed by atoms with Gasteiger partial charge in [-0.2, -0.15) is 0 Å². The molecule has 10 nitrogen and oxygen atoms in total. The van der Waals surface area contributed by atoms with Crippen molar-refractivity contribution < 1.29 is 43.5 Å². The molecule has 1 aliphatic rings. The SMILES string of the molecule is COCCOCCOCC(O)COC(=O)C(Cc1ccc(O)cc1)NC(=O)OCC1c2ccccc2-c2ccccc21. The van der Waals surface area contributed by atoms with E-state index >= 15 is 0 Å². The summed E-state index contributed by atoms with van der Waals surface area (Å²) in [6.07, 6.45) is -1.74. The van der Waals surface area contributed by atoms with Crippen LogP contribution in [0.3, 0.4) is 0 Å². The Morgan fingerprint density at radius 1 is 0.810 bits per heavy atom. The fraction of sp³-hybridized carbons (Fsp3) is 0.375. The summed E-state index contributed by atoms with van der Waals surface area (Å²) in [7, 11) is 1.58. The zero-order chi connectivity index (χ0) is 29.7. The molecule has 0 saturated heterocycles. The highest BCUT2D eigenvalue weighted by Gasteiger charge is 2.30. The largest absolute Gasteiger partial charge is 0.508 e. The zero-order valence-electron chi connectivity index (χ0n) is 23.6. The van der Waals surface area contributed by atoms with Crippen LogP contribution in [0.25, 0.3) is 11.1 Å². The average molecular weight is 580 g/mol. The van der Waals surface area contributed by atoms with E-state index in [0.717, 1.165) is 22.3 Å². The van der Waals surface area contributed by atoms with Crippen LogP contribution in [0.4, 0.5) is 4.79 Å². The molecule has 3 aromatic carbocycles. The van der Waals surface area contributed by atoms with Gasteiger partial charge in [-0.15, -0.1) is 0 Å². The molecule has 10 heteroatoms. The third-order valence-electron chi connectivity index (χ3n) is 6.83. The van der Waals surface area contributed by atoms with E-state index in [9.17, 15) is 19.8 Å². The van der Waals surface area contributed by atoms with Gasteiger partial charge in [-0.3, -0.25) is 0 Å². The minimum atomic E-state index is -1.09. The molecular weight excluding hydrogens is 542 g/mol. The van der Waals surface area contributed by atoms with Crippen LogP contribution in [0.5, 0.6) is 5.75 Å². The average Bonchev–Trinajstić information content (AvgIpc) is 3.32. The van der Waals surface area contributed by atoms with Gasteiger partial charge in [0.1, 0.15) is 31.1 Å². The highest BCUT2D eigenvalue weighted by molar-refractivity contribution is 5.82. The highest BCUT2D eigenvalue weighted by atomic mass is 16.6. The number of hydrogen-bond acceptors (Lipinski definition) is 9. The van der Waals surface area contributed by atoms with Gasteiger partial charge < -0.3 is 39.2 Å². The van der Waals surface area contributed by atoms with Gasteiger partial charge in [-0.1, -0.05) is 60.7 Å². The Balaban J connectivity index is 1.31. The first-order valence-corrected chi connectivity index (χ1v) is 13.8. The van der Waals surface area contributed by atoms with Crippen LogP contribution in [-0.2, 0) is 34.9 Å². The van der Waals surface area contributed by atoms with Crippen LogP contribution in [0.1, 0.15) is 22.6 Å². The van der Waals surface area contributed by atoms with E-state index < -0.39 is 24.2 Å². The van der Waals surface area contributed by atoms with Crippen molar-refractivity contribution >= 4 is 12.1 Å². The van der Waals surface area contributed by atoms with Crippen molar-refractivity contribution in [3.8, 4) is 16.9 Å². The third-order valence-corrected chi connectivity index (χ3v) is 6.83. The minimum Gasteiger partial charge on any atom is -0.508 e. The molecule has 0 radical (unpaired) electrons. The van der Waals surface area contributed by atoms with Crippen molar-refractivity contribution in [2.75, 3.05) is 53.4 Å². The summed E-state index contributed by atoms with van der Waals surface area (Å²) in [4.78, 5) is 25.9. The molecule has 2 unspecified atom stereocenters. The second-order valence-corrected chi connectivity index (χ2v) is 9.86. The van der Waals surface area contributed by atoms with Gasteiger partial charge in [0.25, 0.3) is 0 Å². The van der Waals surface area contributed by atoms with E-state index in [-0.39, 0.29) is 44.5 Å². The number of alkyl carbamates (subject to hydrolysis) is 1. The first-order valence-electron chi connectivity index (χ1n) is 13.8. The summed E-state index contributed by atoms with van der Waals surface area (Å²) in [5.74, 6) is -0.792.